The molecule has 2 bridgehead atoms. The number of anilines is 1. The van der Waals surface area contributed by atoms with Gasteiger partial charge in [-0.05, 0) is 18.6 Å². The molecule has 0 saturated carbocycles. The lowest BCUT2D eigenvalue weighted by Gasteiger charge is -2.54. The molecule has 10 nitrogen and oxygen atoms in total. The number of piperazine rings is 1. The third-order valence-corrected chi connectivity index (χ3v) is 6.40. The summed E-state index contributed by atoms with van der Waals surface area (Å²) in [5, 5.41) is 12.1. The van der Waals surface area contributed by atoms with Gasteiger partial charge in [0.15, 0.2) is 16.8 Å². The van der Waals surface area contributed by atoms with Crippen LogP contribution < -0.4 is 9.64 Å². The smallest absolute Gasteiger partial charge is 0.407 e. The van der Waals surface area contributed by atoms with E-state index in [4.69, 9.17) is 14.1 Å². The van der Waals surface area contributed by atoms with E-state index < -0.39 is 6.09 Å². The van der Waals surface area contributed by atoms with Crippen LogP contribution in [-0.2, 0) is 0 Å². The average Bonchev–Trinajstić information content (AvgIpc) is 3.45. The first-order valence-electron chi connectivity index (χ1n) is 9.71. The lowest BCUT2D eigenvalue weighted by atomic mass is 9.88. The predicted molar refractivity (Wildman–Crippen MR) is 111 cm³/mol. The fourth-order valence-electron chi connectivity index (χ4n) is 4.24. The first kappa shape index (κ1) is 18.1. The normalized spacial score (nSPS) is 20.0. The molecule has 4 aromatic rings. The number of ether oxygens (including phenoxy) is 1. The Morgan fingerprint density at radius 3 is 2.77 bits per heavy atom. The molecule has 1 aromatic carbocycles. The molecule has 3 aliphatic rings. The van der Waals surface area contributed by atoms with Crippen molar-refractivity contribution in [2.75, 3.05) is 18.0 Å². The van der Waals surface area contributed by atoms with Crippen molar-refractivity contribution in [1.29, 1.82) is 0 Å². The third-order valence-electron chi connectivity index (χ3n) is 5.60. The summed E-state index contributed by atoms with van der Waals surface area (Å²) in [6, 6.07) is 4.07. The summed E-state index contributed by atoms with van der Waals surface area (Å²) in [6.07, 6.45) is 6.40. The Hall–Kier alpha value is -3.73. The second kappa shape index (κ2) is 6.91. The second-order valence-electron chi connectivity index (χ2n) is 7.41. The van der Waals surface area contributed by atoms with Crippen molar-refractivity contribution >= 4 is 34.5 Å². The minimum atomic E-state index is -0.871. The summed E-state index contributed by atoms with van der Waals surface area (Å²) in [6.45, 7) is 1.09. The molecule has 31 heavy (non-hydrogen) atoms. The second-order valence-corrected chi connectivity index (χ2v) is 8.30. The van der Waals surface area contributed by atoms with Gasteiger partial charge >= 0.3 is 6.09 Å². The number of nitrogens with zero attached hydrogens (tertiary/aromatic N) is 6. The molecule has 6 heterocycles. The van der Waals surface area contributed by atoms with E-state index in [9.17, 15) is 9.90 Å². The van der Waals surface area contributed by atoms with Crippen LogP contribution in [0.3, 0.4) is 0 Å². The van der Waals surface area contributed by atoms with Crippen LogP contribution in [0.15, 0.2) is 46.7 Å². The maximum atomic E-state index is 11.4. The number of benzene rings is 1. The van der Waals surface area contributed by atoms with Gasteiger partial charge in [0.25, 0.3) is 6.01 Å². The number of fused-ring (bicyclic) bond motifs is 3. The van der Waals surface area contributed by atoms with Gasteiger partial charge in [0, 0.05) is 37.1 Å². The Labute approximate surface area is 179 Å². The van der Waals surface area contributed by atoms with Crippen molar-refractivity contribution in [1.82, 2.24) is 24.8 Å². The Morgan fingerprint density at radius 1 is 1.19 bits per heavy atom. The molecule has 0 aliphatic carbocycles. The minimum Gasteiger partial charge on any atom is -0.465 e. The Morgan fingerprint density at radius 2 is 2.06 bits per heavy atom. The van der Waals surface area contributed by atoms with Gasteiger partial charge in [-0.1, -0.05) is 0 Å². The van der Waals surface area contributed by atoms with Crippen molar-refractivity contribution in [3.8, 4) is 22.2 Å². The Kier molecular flexibility index (Phi) is 4.03. The highest BCUT2D eigenvalue weighted by molar-refractivity contribution is 7.13. The molecule has 156 valence electrons. The number of carbonyl (C=O) groups is 1. The molecule has 3 saturated heterocycles. The lowest BCUT2D eigenvalue weighted by Crippen LogP contribution is -2.70. The zero-order valence-corrected chi connectivity index (χ0v) is 16.9. The number of amides is 1. The SMILES string of the molecule is O=C(O)N1C2CC1CN(c1nc3c(Oc4cnccn4)ccc(-c4nccs4)c3o1)C2. The number of rotatable bonds is 4. The van der Waals surface area contributed by atoms with Crippen LogP contribution in [0, 0.1) is 0 Å². The number of piperidine rings is 1. The van der Waals surface area contributed by atoms with E-state index in [-0.39, 0.29) is 12.1 Å². The molecule has 3 fully saturated rings. The monoisotopic (exact) mass is 436 g/mol. The molecular weight excluding hydrogens is 420 g/mol. The quantitative estimate of drug-likeness (QED) is 0.513. The van der Waals surface area contributed by atoms with Crippen LogP contribution in [0.4, 0.5) is 10.8 Å². The van der Waals surface area contributed by atoms with E-state index in [0.29, 0.717) is 41.8 Å². The molecule has 1 N–H and O–H groups in total. The van der Waals surface area contributed by atoms with E-state index in [1.165, 1.54) is 22.4 Å². The van der Waals surface area contributed by atoms with E-state index in [1.54, 1.807) is 18.6 Å². The highest BCUT2D eigenvalue weighted by Gasteiger charge is 2.48. The van der Waals surface area contributed by atoms with E-state index in [1.807, 2.05) is 22.4 Å². The molecule has 0 radical (unpaired) electrons. The molecule has 3 aromatic heterocycles. The van der Waals surface area contributed by atoms with Crippen LogP contribution in [0.2, 0.25) is 0 Å². The summed E-state index contributed by atoms with van der Waals surface area (Å²) < 4.78 is 12.1. The minimum absolute atomic E-state index is 0.0417. The highest BCUT2D eigenvalue weighted by Crippen LogP contribution is 2.41. The lowest BCUT2D eigenvalue weighted by molar-refractivity contribution is 0.0101. The number of hydrogen-bond acceptors (Lipinski definition) is 9. The molecule has 1 amide bonds. The topological polar surface area (TPSA) is 118 Å². The van der Waals surface area contributed by atoms with Crippen LogP contribution in [0.5, 0.6) is 11.6 Å². The maximum Gasteiger partial charge on any atom is 0.407 e. The Balaban J connectivity index is 1.40. The fourth-order valence-corrected chi connectivity index (χ4v) is 4.90. The first-order valence-corrected chi connectivity index (χ1v) is 10.6. The van der Waals surface area contributed by atoms with Gasteiger partial charge < -0.3 is 19.2 Å². The van der Waals surface area contributed by atoms with Gasteiger partial charge in [-0.25, -0.2) is 14.8 Å². The zero-order valence-electron chi connectivity index (χ0n) is 16.1. The largest absolute Gasteiger partial charge is 0.465 e. The summed E-state index contributed by atoms with van der Waals surface area (Å²) in [5.41, 5.74) is 1.95. The molecule has 11 heteroatoms. The van der Waals surface area contributed by atoms with Crippen molar-refractivity contribution < 1.29 is 19.1 Å². The Bertz CT molecular complexity index is 1250. The number of carboxylic acid groups (broad SMARTS) is 1. The van der Waals surface area contributed by atoms with Crippen LogP contribution in [-0.4, -0.2) is 61.2 Å². The van der Waals surface area contributed by atoms with Crippen molar-refractivity contribution in [2.24, 2.45) is 0 Å². The maximum absolute atomic E-state index is 11.4. The van der Waals surface area contributed by atoms with Gasteiger partial charge in [0.1, 0.15) is 5.01 Å². The van der Waals surface area contributed by atoms with Gasteiger partial charge in [0.2, 0.25) is 5.88 Å². The number of oxazole rings is 1. The van der Waals surface area contributed by atoms with E-state index in [2.05, 4.69) is 15.0 Å². The van der Waals surface area contributed by atoms with Crippen LogP contribution in [0.25, 0.3) is 21.7 Å². The zero-order chi connectivity index (χ0) is 20.9. The molecule has 7 rings (SSSR count). The summed E-state index contributed by atoms with van der Waals surface area (Å²) in [7, 11) is 0. The van der Waals surface area contributed by atoms with Crippen LogP contribution in [0.1, 0.15) is 6.42 Å². The van der Waals surface area contributed by atoms with E-state index in [0.717, 1.165) is 17.0 Å². The molecule has 0 spiro atoms. The summed E-state index contributed by atoms with van der Waals surface area (Å²) in [4.78, 5) is 32.2. The van der Waals surface area contributed by atoms with Gasteiger partial charge in [-0.3, -0.25) is 9.88 Å². The van der Waals surface area contributed by atoms with Crippen molar-refractivity contribution in [2.45, 2.75) is 18.5 Å². The number of thiazole rings is 1. The third kappa shape index (κ3) is 2.96. The predicted octanol–water partition coefficient (Wildman–Crippen LogP) is 3.47. The first-order chi connectivity index (χ1) is 15.2. The average molecular weight is 436 g/mol. The summed E-state index contributed by atoms with van der Waals surface area (Å²) >= 11 is 1.51. The summed E-state index contributed by atoms with van der Waals surface area (Å²) in [5.74, 6) is 0.854. The van der Waals surface area contributed by atoms with Gasteiger partial charge in [0.05, 0.1) is 23.8 Å². The van der Waals surface area contributed by atoms with Crippen molar-refractivity contribution in [3.63, 3.8) is 0 Å². The molecule has 2 atom stereocenters. The number of aromatic nitrogens is 4. The van der Waals surface area contributed by atoms with Gasteiger partial charge in [-0.2, -0.15) is 4.98 Å². The fraction of sp³-hybridized carbons (Fsp3) is 0.250. The highest BCUT2D eigenvalue weighted by atomic mass is 32.1. The standard InChI is InChI=1S/C20H16N6O4S/c27-20(28)26-11-7-12(26)10-25(9-11)19-24-16-14(29-15-8-21-3-4-22-15)2-1-13(17(16)30-19)18-23-5-6-31-18/h1-6,8,11-12H,7,9-10H2,(H,27,28). The molecule has 2 unspecified atom stereocenters. The molecule has 3 aliphatic heterocycles. The van der Waals surface area contributed by atoms with Crippen molar-refractivity contribution in [3.05, 3.63) is 42.3 Å². The van der Waals surface area contributed by atoms with Crippen LogP contribution >= 0.6 is 11.3 Å². The van der Waals surface area contributed by atoms with Gasteiger partial charge in [-0.15, -0.1) is 11.3 Å². The molecular formula is C20H16N6O4S. The number of hydrogen-bond donors (Lipinski definition) is 1. The van der Waals surface area contributed by atoms with E-state index >= 15 is 0 Å².